The van der Waals surface area contributed by atoms with E-state index >= 15 is 0 Å². The van der Waals surface area contributed by atoms with E-state index < -0.39 is 0 Å². The first-order valence-electron chi connectivity index (χ1n) is 7.10. The molecule has 0 aromatic heterocycles. The summed E-state index contributed by atoms with van der Waals surface area (Å²) >= 11 is 0. The zero-order valence-corrected chi connectivity index (χ0v) is 11.8. The van der Waals surface area contributed by atoms with Crippen LogP contribution in [0, 0.1) is 0 Å². The minimum absolute atomic E-state index is 0.0217. The molecule has 1 amide bonds. The second-order valence-electron chi connectivity index (χ2n) is 5.32. The van der Waals surface area contributed by atoms with Crippen LogP contribution in [0.3, 0.4) is 0 Å². The molecule has 0 saturated heterocycles. The van der Waals surface area contributed by atoms with E-state index in [-0.39, 0.29) is 17.7 Å². The van der Waals surface area contributed by atoms with E-state index in [1.165, 1.54) is 19.3 Å². The van der Waals surface area contributed by atoms with Crippen LogP contribution in [0.4, 0.5) is 0 Å². The number of rotatable bonds is 7. The molecular weight excluding hydrogens is 226 g/mol. The Bertz CT molecular complexity index is 344. The Balaban J connectivity index is 2.45. The van der Waals surface area contributed by atoms with Crippen LogP contribution in [-0.2, 0) is 9.59 Å². The number of carbonyl (C=O) groups excluding carboxylic acids is 2. The van der Waals surface area contributed by atoms with Gasteiger partial charge in [0.2, 0.25) is 0 Å². The van der Waals surface area contributed by atoms with E-state index in [9.17, 15) is 9.59 Å². The van der Waals surface area contributed by atoms with Crippen LogP contribution in [0.1, 0.15) is 65.7 Å². The number of unbranched alkanes of at least 4 members (excludes halogenated alkanes) is 4. The maximum atomic E-state index is 12.0. The number of hydrogen-bond donors (Lipinski definition) is 1. The fourth-order valence-corrected chi connectivity index (χ4v) is 2.48. The predicted molar refractivity (Wildman–Crippen MR) is 73.3 cm³/mol. The molecule has 102 valence electrons. The number of amides is 1. The normalized spacial score (nSPS) is 19.9. The highest BCUT2D eigenvalue weighted by Gasteiger charge is 2.26. The van der Waals surface area contributed by atoms with Crippen molar-refractivity contribution < 1.29 is 9.59 Å². The molecule has 0 radical (unpaired) electrons. The van der Waals surface area contributed by atoms with Gasteiger partial charge in [0.05, 0.1) is 5.57 Å². The van der Waals surface area contributed by atoms with Gasteiger partial charge in [-0.15, -0.1) is 0 Å². The molecule has 1 aliphatic heterocycles. The number of ketones is 1. The summed E-state index contributed by atoms with van der Waals surface area (Å²) in [6.45, 7) is 6.04. The number of Topliss-reactive ketones (excluding diaryl/α,β-unsaturated/α-hetero) is 1. The molecule has 3 nitrogen and oxygen atoms in total. The van der Waals surface area contributed by atoms with Crippen LogP contribution in [0.25, 0.3) is 0 Å². The maximum absolute atomic E-state index is 12.0. The van der Waals surface area contributed by atoms with E-state index in [4.69, 9.17) is 0 Å². The van der Waals surface area contributed by atoms with Crippen molar-refractivity contribution >= 4 is 11.7 Å². The summed E-state index contributed by atoms with van der Waals surface area (Å²) < 4.78 is 0. The van der Waals surface area contributed by atoms with Gasteiger partial charge in [-0.3, -0.25) is 9.59 Å². The molecule has 1 N–H and O–H groups in total. The molecule has 0 aromatic carbocycles. The lowest BCUT2D eigenvalue weighted by Gasteiger charge is -2.23. The summed E-state index contributed by atoms with van der Waals surface area (Å²) in [6, 6.07) is 0.151. The van der Waals surface area contributed by atoms with Crippen LogP contribution < -0.4 is 5.32 Å². The van der Waals surface area contributed by atoms with Crippen molar-refractivity contribution in [3.8, 4) is 0 Å². The Morgan fingerprint density at radius 1 is 1.28 bits per heavy atom. The number of hydrogen-bond acceptors (Lipinski definition) is 2. The zero-order chi connectivity index (χ0) is 13.5. The van der Waals surface area contributed by atoms with Crippen molar-refractivity contribution in [1.82, 2.24) is 5.32 Å². The summed E-state index contributed by atoms with van der Waals surface area (Å²) in [5.74, 6) is -0.154. The van der Waals surface area contributed by atoms with Crippen molar-refractivity contribution in [1.29, 1.82) is 0 Å². The smallest absolute Gasteiger partial charge is 0.255 e. The van der Waals surface area contributed by atoms with Crippen molar-refractivity contribution in [2.75, 3.05) is 0 Å². The van der Waals surface area contributed by atoms with E-state index in [0.717, 1.165) is 24.8 Å². The first-order chi connectivity index (χ1) is 8.56. The van der Waals surface area contributed by atoms with Crippen LogP contribution in [-0.4, -0.2) is 17.7 Å². The fraction of sp³-hybridized carbons (Fsp3) is 0.733. The summed E-state index contributed by atoms with van der Waals surface area (Å²) in [4.78, 5) is 23.8. The van der Waals surface area contributed by atoms with Gasteiger partial charge in [0.25, 0.3) is 5.91 Å². The van der Waals surface area contributed by atoms with Crippen LogP contribution in [0.15, 0.2) is 11.1 Å². The van der Waals surface area contributed by atoms with Gasteiger partial charge in [-0.05, 0) is 26.7 Å². The van der Waals surface area contributed by atoms with E-state index in [1.807, 2.05) is 13.8 Å². The van der Waals surface area contributed by atoms with Crippen LogP contribution in [0.5, 0.6) is 0 Å². The Hall–Kier alpha value is -1.12. The zero-order valence-electron chi connectivity index (χ0n) is 11.8. The van der Waals surface area contributed by atoms with E-state index in [2.05, 4.69) is 12.2 Å². The lowest BCUT2D eigenvalue weighted by Crippen LogP contribution is -2.40. The third-order valence-corrected chi connectivity index (χ3v) is 3.43. The second kappa shape index (κ2) is 7.34. The molecule has 3 heteroatoms. The average Bonchev–Trinajstić information content (AvgIpc) is 2.27. The molecule has 1 unspecified atom stereocenters. The molecule has 1 aliphatic rings. The largest absolute Gasteiger partial charge is 0.349 e. The fourth-order valence-electron chi connectivity index (χ4n) is 2.48. The Morgan fingerprint density at radius 2 is 1.94 bits per heavy atom. The quantitative estimate of drug-likeness (QED) is 0.558. The molecule has 0 fully saturated rings. The van der Waals surface area contributed by atoms with Crippen molar-refractivity contribution in [3.05, 3.63) is 11.1 Å². The van der Waals surface area contributed by atoms with E-state index in [0.29, 0.717) is 12.0 Å². The van der Waals surface area contributed by atoms with E-state index in [1.54, 1.807) is 0 Å². The first kappa shape index (κ1) is 14.9. The molecule has 0 spiro atoms. The molecular formula is C15H25NO2. The van der Waals surface area contributed by atoms with Crippen LogP contribution in [0.2, 0.25) is 0 Å². The van der Waals surface area contributed by atoms with Gasteiger partial charge in [-0.1, -0.05) is 38.2 Å². The SMILES string of the molecule is CCCCCCCC(=O)C1=C(C)CC(C)NC1=O. The maximum Gasteiger partial charge on any atom is 0.255 e. The van der Waals surface area contributed by atoms with Crippen molar-refractivity contribution in [2.45, 2.75) is 71.8 Å². The molecule has 0 bridgehead atoms. The second-order valence-corrected chi connectivity index (χ2v) is 5.32. The average molecular weight is 251 g/mol. The lowest BCUT2D eigenvalue weighted by molar-refractivity contribution is -0.123. The highest BCUT2D eigenvalue weighted by atomic mass is 16.2. The van der Waals surface area contributed by atoms with Crippen molar-refractivity contribution in [3.63, 3.8) is 0 Å². The minimum Gasteiger partial charge on any atom is -0.349 e. The van der Waals surface area contributed by atoms with Crippen LogP contribution >= 0.6 is 0 Å². The Labute approximate surface area is 110 Å². The number of carbonyl (C=O) groups is 2. The molecule has 1 atom stereocenters. The summed E-state index contributed by atoms with van der Waals surface area (Å²) in [6.07, 6.45) is 6.92. The van der Waals surface area contributed by atoms with Gasteiger partial charge < -0.3 is 5.32 Å². The summed E-state index contributed by atoms with van der Waals surface area (Å²) in [5.41, 5.74) is 1.37. The third-order valence-electron chi connectivity index (χ3n) is 3.43. The van der Waals surface area contributed by atoms with Crippen molar-refractivity contribution in [2.24, 2.45) is 0 Å². The van der Waals surface area contributed by atoms with Gasteiger partial charge in [0, 0.05) is 12.5 Å². The Morgan fingerprint density at radius 3 is 2.56 bits per heavy atom. The molecule has 0 aromatic rings. The molecule has 0 aliphatic carbocycles. The van der Waals surface area contributed by atoms with Gasteiger partial charge in [0.15, 0.2) is 5.78 Å². The first-order valence-corrected chi connectivity index (χ1v) is 7.10. The predicted octanol–water partition coefficient (Wildman–Crippen LogP) is 3.14. The number of nitrogens with one attached hydrogen (secondary N) is 1. The molecule has 18 heavy (non-hydrogen) atoms. The lowest BCUT2D eigenvalue weighted by atomic mass is 9.92. The summed E-state index contributed by atoms with van der Waals surface area (Å²) in [5, 5.41) is 2.83. The van der Waals surface area contributed by atoms with Gasteiger partial charge in [0.1, 0.15) is 0 Å². The molecule has 1 rings (SSSR count). The third kappa shape index (κ3) is 4.28. The van der Waals surface area contributed by atoms with Gasteiger partial charge in [-0.25, -0.2) is 0 Å². The summed E-state index contributed by atoms with van der Waals surface area (Å²) in [7, 11) is 0. The molecule has 0 saturated carbocycles. The minimum atomic E-state index is -0.176. The highest BCUT2D eigenvalue weighted by molar-refractivity contribution is 6.20. The monoisotopic (exact) mass is 251 g/mol. The van der Waals surface area contributed by atoms with Gasteiger partial charge >= 0.3 is 0 Å². The molecule has 1 heterocycles. The highest BCUT2D eigenvalue weighted by Crippen LogP contribution is 2.20. The van der Waals surface area contributed by atoms with Gasteiger partial charge in [-0.2, -0.15) is 0 Å². The topological polar surface area (TPSA) is 46.2 Å². The Kier molecular flexibility index (Phi) is 6.10. The standard InChI is InChI=1S/C15H25NO2/c1-4-5-6-7-8-9-13(17)14-11(2)10-12(3)16-15(14)18/h12H,4-10H2,1-3H3,(H,16,18).